The Morgan fingerprint density at radius 1 is 1.32 bits per heavy atom. The molecule has 0 aliphatic heterocycles. The van der Waals surface area contributed by atoms with E-state index in [1.165, 1.54) is 12.1 Å². The summed E-state index contributed by atoms with van der Waals surface area (Å²) in [4.78, 5) is 4.00. The van der Waals surface area contributed by atoms with E-state index in [9.17, 15) is 4.39 Å². The Bertz CT molecular complexity index is 605. The van der Waals surface area contributed by atoms with Crippen LogP contribution in [0.3, 0.4) is 0 Å². The van der Waals surface area contributed by atoms with Gasteiger partial charge in [0.05, 0.1) is 11.4 Å². The van der Waals surface area contributed by atoms with Gasteiger partial charge in [0, 0.05) is 18.0 Å². The molecule has 0 aliphatic rings. The first-order valence-corrected chi connectivity index (χ1v) is 6.19. The standard InChI is InChI=1S/C15H11ClFNO/c16-7-1-4-13-9-14(17)5-6-15(13)19-11-12-3-2-8-18-10-12/h2-3,5-6,8-10H,7,11H2. The number of rotatable bonds is 3. The second kappa shape index (κ2) is 6.77. The van der Waals surface area contributed by atoms with Crippen molar-refractivity contribution in [1.29, 1.82) is 0 Å². The summed E-state index contributed by atoms with van der Waals surface area (Å²) in [7, 11) is 0. The molecule has 0 bridgehead atoms. The number of hydrogen-bond acceptors (Lipinski definition) is 2. The SMILES string of the molecule is Fc1ccc(OCc2cccnc2)c(C#CCCl)c1. The Balaban J connectivity index is 2.15. The first-order valence-electron chi connectivity index (χ1n) is 5.65. The summed E-state index contributed by atoms with van der Waals surface area (Å²) in [6.07, 6.45) is 3.41. The van der Waals surface area contributed by atoms with E-state index in [0.717, 1.165) is 5.56 Å². The minimum absolute atomic E-state index is 0.193. The van der Waals surface area contributed by atoms with Crippen molar-refractivity contribution in [3.63, 3.8) is 0 Å². The van der Waals surface area contributed by atoms with Crippen molar-refractivity contribution < 1.29 is 9.13 Å². The van der Waals surface area contributed by atoms with E-state index < -0.39 is 0 Å². The minimum Gasteiger partial charge on any atom is -0.488 e. The number of hydrogen-bond donors (Lipinski definition) is 0. The maximum absolute atomic E-state index is 13.2. The van der Waals surface area contributed by atoms with Gasteiger partial charge in [-0.05, 0) is 24.3 Å². The summed E-state index contributed by atoms with van der Waals surface area (Å²) >= 11 is 5.50. The van der Waals surface area contributed by atoms with E-state index in [-0.39, 0.29) is 11.7 Å². The zero-order valence-electron chi connectivity index (χ0n) is 10.1. The van der Waals surface area contributed by atoms with Crippen molar-refractivity contribution in [3.8, 4) is 17.6 Å². The van der Waals surface area contributed by atoms with Gasteiger partial charge in [-0.25, -0.2) is 4.39 Å². The van der Waals surface area contributed by atoms with Crippen LogP contribution in [0, 0.1) is 17.7 Å². The highest BCUT2D eigenvalue weighted by Gasteiger charge is 2.04. The first kappa shape index (κ1) is 13.4. The molecule has 0 spiro atoms. The molecule has 0 unspecified atom stereocenters. The van der Waals surface area contributed by atoms with Crippen LogP contribution >= 0.6 is 11.6 Å². The number of alkyl halides is 1. The number of nitrogens with zero attached hydrogens (tertiary/aromatic N) is 1. The Morgan fingerprint density at radius 3 is 2.95 bits per heavy atom. The fourth-order valence-electron chi connectivity index (χ4n) is 1.50. The van der Waals surface area contributed by atoms with Gasteiger partial charge in [0.2, 0.25) is 0 Å². The van der Waals surface area contributed by atoms with Crippen molar-refractivity contribution in [2.45, 2.75) is 6.61 Å². The predicted molar refractivity (Wildman–Crippen MR) is 72.6 cm³/mol. The van der Waals surface area contributed by atoms with Gasteiger partial charge in [0.25, 0.3) is 0 Å². The van der Waals surface area contributed by atoms with Gasteiger partial charge < -0.3 is 4.74 Å². The Morgan fingerprint density at radius 2 is 2.21 bits per heavy atom. The molecule has 0 N–H and O–H groups in total. The average Bonchev–Trinajstić information content (AvgIpc) is 2.45. The van der Waals surface area contributed by atoms with Crippen LogP contribution in [0.4, 0.5) is 4.39 Å². The number of pyridine rings is 1. The van der Waals surface area contributed by atoms with Crippen molar-refractivity contribution in [1.82, 2.24) is 4.98 Å². The molecule has 2 rings (SSSR count). The van der Waals surface area contributed by atoms with Gasteiger partial charge in [0.1, 0.15) is 18.2 Å². The molecule has 0 saturated carbocycles. The quantitative estimate of drug-likeness (QED) is 0.633. The van der Waals surface area contributed by atoms with Crippen molar-refractivity contribution in [3.05, 3.63) is 59.7 Å². The van der Waals surface area contributed by atoms with E-state index in [1.54, 1.807) is 18.5 Å². The highest BCUT2D eigenvalue weighted by atomic mass is 35.5. The lowest BCUT2D eigenvalue weighted by molar-refractivity contribution is 0.304. The molecule has 1 heterocycles. The summed E-state index contributed by atoms with van der Waals surface area (Å²) in [5.41, 5.74) is 1.42. The number of benzene rings is 1. The summed E-state index contributed by atoms with van der Waals surface area (Å²) in [6, 6.07) is 7.96. The molecule has 0 saturated heterocycles. The monoisotopic (exact) mass is 275 g/mol. The third-order valence-corrected chi connectivity index (χ3v) is 2.48. The van der Waals surface area contributed by atoms with Crippen LogP contribution in [0.15, 0.2) is 42.7 Å². The lowest BCUT2D eigenvalue weighted by atomic mass is 10.2. The Labute approximate surface area is 116 Å². The summed E-state index contributed by atoms with van der Waals surface area (Å²) in [5, 5.41) is 0. The average molecular weight is 276 g/mol. The normalized spacial score (nSPS) is 9.58. The molecule has 4 heteroatoms. The maximum Gasteiger partial charge on any atom is 0.135 e. The molecule has 96 valence electrons. The summed E-state index contributed by atoms with van der Waals surface area (Å²) < 4.78 is 18.8. The van der Waals surface area contributed by atoms with Crippen molar-refractivity contribution in [2.24, 2.45) is 0 Å². The molecule has 0 aliphatic carbocycles. The van der Waals surface area contributed by atoms with Gasteiger partial charge >= 0.3 is 0 Å². The van der Waals surface area contributed by atoms with Crippen molar-refractivity contribution in [2.75, 3.05) is 5.88 Å². The van der Waals surface area contributed by atoms with Gasteiger partial charge in [-0.3, -0.25) is 4.98 Å². The molecule has 0 amide bonds. The van der Waals surface area contributed by atoms with Crippen LogP contribution in [0.25, 0.3) is 0 Å². The fourth-order valence-corrected chi connectivity index (χ4v) is 1.57. The minimum atomic E-state index is -0.354. The number of halogens is 2. The molecule has 0 atom stereocenters. The summed E-state index contributed by atoms with van der Waals surface area (Å²) in [5.74, 6) is 5.83. The first-order chi connectivity index (χ1) is 9.29. The second-order valence-electron chi connectivity index (χ2n) is 3.73. The fraction of sp³-hybridized carbons (Fsp3) is 0.133. The molecule has 19 heavy (non-hydrogen) atoms. The largest absolute Gasteiger partial charge is 0.488 e. The van der Waals surface area contributed by atoms with E-state index in [0.29, 0.717) is 17.9 Å². The molecule has 1 aromatic heterocycles. The molecule has 1 aromatic carbocycles. The van der Waals surface area contributed by atoms with Crippen LogP contribution in [0.5, 0.6) is 5.75 Å². The smallest absolute Gasteiger partial charge is 0.135 e. The molecular weight excluding hydrogens is 265 g/mol. The lowest BCUT2D eigenvalue weighted by Crippen LogP contribution is -1.98. The van der Waals surface area contributed by atoms with E-state index >= 15 is 0 Å². The molecule has 0 fully saturated rings. The highest BCUT2D eigenvalue weighted by Crippen LogP contribution is 2.20. The molecular formula is C15H11ClFNO. The lowest BCUT2D eigenvalue weighted by Gasteiger charge is -2.08. The zero-order valence-corrected chi connectivity index (χ0v) is 10.8. The Hall–Kier alpha value is -2.05. The third-order valence-electron chi connectivity index (χ3n) is 2.35. The third kappa shape index (κ3) is 3.97. The summed E-state index contributed by atoms with van der Waals surface area (Å²) in [6.45, 7) is 0.356. The van der Waals surface area contributed by atoms with Crippen LogP contribution in [0.2, 0.25) is 0 Å². The van der Waals surface area contributed by atoms with E-state index in [1.807, 2.05) is 12.1 Å². The van der Waals surface area contributed by atoms with Crippen LogP contribution < -0.4 is 4.74 Å². The van der Waals surface area contributed by atoms with Crippen molar-refractivity contribution >= 4 is 11.6 Å². The van der Waals surface area contributed by atoms with Crippen LogP contribution in [-0.2, 0) is 6.61 Å². The number of aromatic nitrogens is 1. The second-order valence-corrected chi connectivity index (χ2v) is 3.99. The van der Waals surface area contributed by atoms with Crippen LogP contribution in [0.1, 0.15) is 11.1 Å². The molecule has 2 nitrogen and oxygen atoms in total. The van der Waals surface area contributed by atoms with Gasteiger partial charge in [-0.1, -0.05) is 17.9 Å². The van der Waals surface area contributed by atoms with E-state index in [2.05, 4.69) is 16.8 Å². The van der Waals surface area contributed by atoms with Gasteiger partial charge in [0.15, 0.2) is 0 Å². The Kier molecular flexibility index (Phi) is 4.77. The predicted octanol–water partition coefficient (Wildman–Crippen LogP) is 3.39. The maximum atomic E-state index is 13.2. The topological polar surface area (TPSA) is 22.1 Å². The van der Waals surface area contributed by atoms with E-state index in [4.69, 9.17) is 16.3 Å². The van der Waals surface area contributed by atoms with Gasteiger partial charge in [-0.15, -0.1) is 11.6 Å². The number of ether oxygens (including phenoxy) is 1. The molecule has 0 radical (unpaired) electrons. The van der Waals surface area contributed by atoms with Crippen LogP contribution in [-0.4, -0.2) is 10.9 Å². The zero-order chi connectivity index (χ0) is 13.5. The molecule has 2 aromatic rings. The highest BCUT2D eigenvalue weighted by molar-refractivity contribution is 6.19. The van der Waals surface area contributed by atoms with Gasteiger partial charge in [-0.2, -0.15) is 0 Å².